The molecule has 42 heavy (non-hydrogen) atoms. The minimum atomic E-state index is -5.20. The second-order valence-electron chi connectivity index (χ2n) is 12.0. The quantitative estimate of drug-likeness (QED) is 0.193. The van der Waals surface area contributed by atoms with Crippen LogP contribution >= 0.6 is 0 Å². The molecule has 6 atom stereocenters. The second kappa shape index (κ2) is 15.5. The van der Waals surface area contributed by atoms with E-state index < -0.39 is 105 Å². The molecule has 3 fully saturated rings. The van der Waals surface area contributed by atoms with Crippen LogP contribution in [0.2, 0.25) is 0 Å². The molecule has 4 nitrogen and oxygen atoms in total. The third-order valence-corrected chi connectivity index (χ3v) is 8.70. The fraction of sp³-hybridized carbons (Fsp3) is 1.00. The Morgan fingerprint density at radius 2 is 0.976 bits per heavy atom. The molecule has 0 saturated heterocycles. The van der Waals surface area contributed by atoms with Crippen LogP contribution in [0.3, 0.4) is 0 Å². The lowest BCUT2D eigenvalue weighted by atomic mass is 9.66. The summed E-state index contributed by atoms with van der Waals surface area (Å²) in [6.07, 6.45) is -23.2. The van der Waals surface area contributed by atoms with E-state index in [0.29, 0.717) is 45.5 Å². The highest BCUT2D eigenvalue weighted by atomic mass is 19.4. The molecule has 6 unspecified atom stereocenters. The lowest BCUT2D eigenvalue weighted by Gasteiger charge is -2.48. The van der Waals surface area contributed by atoms with Gasteiger partial charge in [0.05, 0.1) is 24.4 Å². The van der Waals surface area contributed by atoms with Crippen molar-refractivity contribution < 1.29 is 58.5 Å². The Labute approximate surface area is 242 Å². The molecule has 0 radical (unpaired) electrons. The number of ether oxygens (including phenoxy) is 4. The smallest absolute Gasteiger partial charge is 0.378 e. The summed E-state index contributed by atoms with van der Waals surface area (Å²) in [5.74, 6) is -6.71. The topological polar surface area (TPSA) is 36.9 Å². The molecule has 3 aliphatic rings. The van der Waals surface area contributed by atoms with Crippen molar-refractivity contribution in [3.8, 4) is 0 Å². The Morgan fingerprint density at radius 3 is 1.40 bits per heavy atom. The Kier molecular flexibility index (Phi) is 13.1. The van der Waals surface area contributed by atoms with Gasteiger partial charge < -0.3 is 18.9 Å². The van der Waals surface area contributed by atoms with E-state index in [1.54, 1.807) is 0 Å². The van der Waals surface area contributed by atoms with Gasteiger partial charge in [-0.2, -0.15) is 22.0 Å². The molecule has 0 amide bonds. The minimum absolute atomic E-state index is 0.188. The Morgan fingerprint density at radius 1 is 0.548 bits per heavy atom. The lowest BCUT2D eigenvalue weighted by Crippen LogP contribution is -2.55. The summed E-state index contributed by atoms with van der Waals surface area (Å²) in [6, 6.07) is 0. The highest BCUT2D eigenvalue weighted by Gasteiger charge is 2.60. The van der Waals surface area contributed by atoms with Crippen molar-refractivity contribution in [2.75, 3.05) is 19.8 Å². The fourth-order valence-corrected chi connectivity index (χ4v) is 6.95. The number of halogens is 9. The number of hydrogen-bond donors (Lipinski definition) is 0. The van der Waals surface area contributed by atoms with E-state index >= 15 is 17.6 Å². The summed E-state index contributed by atoms with van der Waals surface area (Å²) in [6.45, 7) is 7.12. The molecule has 0 N–H and O–H groups in total. The van der Waals surface area contributed by atoms with Crippen LogP contribution in [0.4, 0.5) is 39.5 Å². The highest BCUT2D eigenvalue weighted by molar-refractivity contribution is 5.00. The van der Waals surface area contributed by atoms with Gasteiger partial charge in [-0.3, -0.25) is 0 Å². The molecule has 0 aromatic carbocycles. The third kappa shape index (κ3) is 8.90. The van der Waals surface area contributed by atoms with E-state index in [4.69, 9.17) is 14.2 Å². The maximum Gasteiger partial charge on any atom is 0.397 e. The van der Waals surface area contributed by atoms with Gasteiger partial charge in [-0.25, -0.2) is 17.6 Å². The highest BCUT2D eigenvalue weighted by Crippen LogP contribution is 2.50. The van der Waals surface area contributed by atoms with Crippen molar-refractivity contribution in [2.45, 2.75) is 140 Å². The fourth-order valence-electron chi connectivity index (χ4n) is 6.95. The second-order valence-corrected chi connectivity index (χ2v) is 12.0. The zero-order valence-corrected chi connectivity index (χ0v) is 24.4. The molecule has 0 bridgehead atoms. The maximum atomic E-state index is 15.5. The SMILES string of the molecule is CCCOC1CC(OCCC)C(C2CC(F)C(C(F)(F)OC3CC(F)C(C(F)(F)F)C(F)C3)C(F)C2)C(OCCC)C1. The average Bonchev–Trinajstić information content (AvgIpc) is 2.87. The van der Waals surface area contributed by atoms with E-state index in [1.807, 2.05) is 20.8 Å². The first-order valence-electron chi connectivity index (χ1n) is 15.3. The summed E-state index contributed by atoms with van der Waals surface area (Å²) < 4.78 is 151. The van der Waals surface area contributed by atoms with Crippen molar-refractivity contribution in [2.24, 2.45) is 23.7 Å². The average molecular weight is 629 g/mol. The van der Waals surface area contributed by atoms with Crippen molar-refractivity contribution in [1.82, 2.24) is 0 Å². The lowest BCUT2D eigenvalue weighted by molar-refractivity contribution is -0.328. The van der Waals surface area contributed by atoms with Gasteiger partial charge in [-0.05, 0) is 38.0 Å². The van der Waals surface area contributed by atoms with Crippen molar-refractivity contribution >= 4 is 0 Å². The standard InChI is InChI=1S/C29H45F9O4/c1-4-7-39-17-14-23(40-8-5-2)25(24(15-17)41-9-6-3)16-10-19(30)27(20(31)11-16)29(37,38)42-18-12-21(32)26(22(33)13-18)28(34,35)36/h16-27H,4-15H2,1-3H3. The van der Waals surface area contributed by atoms with Gasteiger partial charge in [0, 0.05) is 51.4 Å². The molecule has 3 saturated carbocycles. The zero-order valence-electron chi connectivity index (χ0n) is 24.4. The van der Waals surface area contributed by atoms with Crippen molar-refractivity contribution in [3.63, 3.8) is 0 Å². The van der Waals surface area contributed by atoms with Crippen LogP contribution in [0.5, 0.6) is 0 Å². The van der Waals surface area contributed by atoms with Gasteiger partial charge >= 0.3 is 12.3 Å². The Hall–Kier alpha value is -0.790. The third-order valence-electron chi connectivity index (χ3n) is 8.70. The van der Waals surface area contributed by atoms with Gasteiger partial charge in [-0.1, -0.05) is 20.8 Å². The molecule has 0 aromatic heterocycles. The first kappa shape index (κ1) is 35.7. The zero-order chi connectivity index (χ0) is 31.2. The Bertz CT molecular complexity index is 762. The molecule has 3 aliphatic carbocycles. The van der Waals surface area contributed by atoms with E-state index in [0.717, 1.165) is 6.42 Å². The van der Waals surface area contributed by atoms with E-state index in [9.17, 15) is 22.0 Å². The predicted molar refractivity (Wildman–Crippen MR) is 137 cm³/mol. The molecule has 0 heterocycles. The van der Waals surface area contributed by atoms with Gasteiger partial charge in [0.1, 0.15) is 36.5 Å². The molecular weight excluding hydrogens is 583 g/mol. The minimum Gasteiger partial charge on any atom is -0.378 e. The van der Waals surface area contributed by atoms with E-state index in [2.05, 4.69) is 4.74 Å². The van der Waals surface area contributed by atoms with E-state index in [1.165, 1.54) is 0 Å². The molecule has 248 valence electrons. The molecule has 0 spiro atoms. The van der Waals surface area contributed by atoms with Gasteiger partial charge in [0.2, 0.25) is 0 Å². The van der Waals surface area contributed by atoms with Crippen molar-refractivity contribution in [3.05, 3.63) is 0 Å². The molecule has 13 heteroatoms. The van der Waals surface area contributed by atoms with Gasteiger partial charge in [0.15, 0.2) is 0 Å². The summed E-state index contributed by atoms with van der Waals surface area (Å²) in [7, 11) is 0. The van der Waals surface area contributed by atoms with E-state index in [-0.39, 0.29) is 6.10 Å². The van der Waals surface area contributed by atoms with Crippen LogP contribution in [0, 0.1) is 23.7 Å². The predicted octanol–water partition coefficient (Wildman–Crippen LogP) is 8.11. The number of alkyl halides is 9. The summed E-state index contributed by atoms with van der Waals surface area (Å²) in [4.78, 5) is 0. The largest absolute Gasteiger partial charge is 0.397 e. The first-order chi connectivity index (χ1) is 19.7. The van der Waals surface area contributed by atoms with Gasteiger partial charge in [0.25, 0.3) is 0 Å². The molecular formula is C29H45F9O4. The molecule has 0 aromatic rings. The molecule has 3 rings (SSSR count). The summed E-state index contributed by atoms with van der Waals surface area (Å²) in [5, 5.41) is 0. The first-order valence-corrected chi connectivity index (χ1v) is 15.3. The van der Waals surface area contributed by atoms with Crippen LogP contribution < -0.4 is 0 Å². The monoisotopic (exact) mass is 628 g/mol. The molecule has 0 aliphatic heterocycles. The normalized spacial score (nSPS) is 40.3. The summed E-state index contributed by atoms with van der Waals surface area (Å²) >= 11 is 0. The van der Waals surface area contributed by atoms with Gasteiger partial charge in [-0.15, -0.1) is 0 Å². The Balaban J connectivity index is 1.74. The van der Waals surface area contributed by atoms with Crippen LogP contribution in [-0.2, 0) is 18.9 Å². The number of rotatable bonds is 13. The van der Waals surface area contributed by atoms with Crippen LogP contribution in [0.25, 0.3) is 0 Å². The van der Waals surface area contributed by atoms with Crippen molar-refractivity contribution in [1.29, 1.82) is 0 Å². The van der Waals surface area contributed by atoms with Crippen LogP contribution in [-0.4, -0.2) is 81.2 Å². The summed E-state index contributed by atoms with van der Waals surface area (Å²) in [5.41, 5.74) is 0. The van der Waals surface area contributed by atoms with Crippen LogP contribution in [0.1, 0.15) is 78.6 Å². The maximum absolute atomic E-state index is 15.5. The van der Waals surface area contributed by atoms with Crippen LogP contribution in [0.15, 0.2) is 0 Å². The number of hydrogen-bond acceptors (Lipinski definition) is 4.